The Morgan fingerprint density at radius 3 is 2.53 bits per heavy atom. The van der Waals surface area contributed by atoms with Crippen LogP contribution in [0.4, 0.5) is 25.0 Å². The monoisotopic (exact) mass is 463 g/mol. The molecule has 4 rings (SSSR count). The lowest BCUT2D eigenvalue weighted by Gasteiger charge is -2.26. The van der Waals surface area contributed by atoms with Gasteiger partial charge in [0.2, 0.25) is 5.91 Å². The van der Waals surface area contributed by atoms with Crippen LogP contribution in [-0.2, 0) is 22.4 Å². The zero-order valence-corrected chi connectivity index (χ0v) is 18.3. The summed E-state index contributed by atoms with van der Waals surface area (Å²) in [6.45, 7) is 0.254. The van der Waals surface area contributed by atoms with Crippen molar-refractivity contribution in [1.29, 1.82) is 0 Å². The molecule has 1 fully saturated rings. The zero-order valence-electron chi connectivity index (χ0n) is 17.5. The number of urea groups is 1. The summed E-state index contributed by atoms with van der Waals surface area (Å²) in [6, 6.07) is 10.5. The largest absolute Gasteiger partial charge is 0.380 e. The van der Waals surface area contributed by atoms with E-state index in [4.69, 9.17) is 16.3 Å². The summed E-state index contributed by atoms with van der Waals surface area (Å²) in [5, 5.41) is 6.09. The Kier molecular flexibility index (Phi) is 6.35. The molecular weight excluding hydrogens is 440 g/mol. The first-order valence-corrected chi connectivity index (χ1v) is 10.8. The molecule has 1 aliphatic heterocycles. The number of anilines is 2. The number of ether oxygens (including phenoxy) is 1. The van der Waals surface area contributed by atoms with Crippen molar-refractivity contribution in [2.75, 3.05) is 24.3 Å². The maximum atomic E-state index is 13.8. The SMILES string of the molecule is COC1C[C@H](C(=O)Nc2ccc3c(c2)CC(F)(F)CC3)N(C(=O)Nc2ccc(Cl)cc2)C1. The number of methoxy groups -OCH3 is 1. The Bertz CT molecular complexity index is 1020. The van der Waals surface area contributed by atoms with E-state index in [0.717, 1.165) is 5.56 Å². The molecule has 1 unspecified atom stereocenters. The van der Waals surface area contributed by atoms with Gasteiger partial charge in [-0.25, -0.2) is 13.6 Å². The molecule has 2 aromatic rings. The van der Waals surface area contributed by atoms with Crippen LogP contribution in [0.15, 0.2) is 42.5 Å². The Morgan fingerprint density at radius 1 is 1.09 bits per heavy atom. The first kappa shape index (κ1) is 22.5. The first-order chi connectivity index (χ1) is 15.2. The minimum absolute atomic E-state index is 0.163. The summed E-state index contributed by atoms with van der Waals surface area (Å²) in [4.78, 5) is 27.3. The number of likely N-dealkylation sites (tertiary alicyclic amines) is 1. The number of hydrogen-bond acceptors (Lipinski definition) is 3. The highest BCUT2D eigenvalue weighted by atomic mass is 35.5. The van der Waals surface area contributed by atoms with Crippen LogP contribution in [0.5, 0.6) is 0 Å². The quantitative estimate of drug-likeness (QED) is 0.689. The van der Waals surface area contributed by atoms with Crippen LogP contribution >= 0.6 is 11.6 Å². The number of nitrogens with zero attached hydrogens (tertiary/aromatic N) is 1. The van der Waals surface area contributed by atoms with Crippen LogP contribution in [0.2, 0.25) is 5.02 Å². The Balaban J connectivity index is 1.47. The number of alkyl halides is 2. The lowest BCUT2D eigenvalue weighted by atomic mass is 9.89. The molecular formula is C23H24ClF2N3O3. The molecule has 2 N–H and O–H groups in total. The van der Waals surface area contributed by atoms with Crippen molar-refractivity contribution in [2.24, 2.45) is 0 Å². The second-order valence-electron chi connectivity index (χ2n) is 8.20. The van der Waals surface area contributed by atoms with E-state index in [1.165, 1.54) is 12.0 Å². The van der Waals surface area contributed by atoms with E-state index in [9.17, 15) is 18.4 Å². The molecule has 6 nitrogen and oxygen atoms in total. The number of nitrogens with one attached hydrogen (secondary N) is 2. The normalized spacial score (nSPS) is 21.7. The van der Waals surface area contributed by atoms with Gasteiger partial charge < -0.3 is 20.3 Å². The molecule has 0 radical (unpaired) electrons. The van der Waals surface area contributed by atoms with Gasteiger partial charge in [-0.15, -0.1) is 0 Å². The number of aryl methyl sites for hydroxylation is 1. The lowest BCUT2D eigenvalue weighted by Crippen LogP contribution is -2.45. The van der Waals surface area contributed by atoms with E-state index in [1.807, 2.05) is 0 Å². The summed E-state index contributed by atoms with van der Waals surface area (Å²) in [6.07, 6.45) is -0.142. The van der Waals surface area contributed by atoms with Crippen molar-refractivity contribution >= 4 is 34.9 Å². The fraction of sp³-hybridized carbons (Fsp3) is 0.391. The molecule has 0 saturated carbocycles. The van der Waals surface area contributed by atoms with Crippen molar-refractivity contribution < 1.29 is 23.1 Å². The number of benzene rings is 2. The van der Waals surface area contributed by atoms with Gasteiger partial charge in [-0.3, -0.25) is 4.79 Å². The molecule has 170 valence electrons. The average Bonchev–Trinajstić information content (AvgIpc) is 3.19. The van der Waals surface area contributed by atoms with Gasteiger partial charge in [0.05, 0.1) is 6.10 Å². The van der Waals surface area contributed by atoms with Crippen molar-refractivity contribution in [1.82, 2.24) is 4.90 Å². The average molecular weight is 464 g/mol. The third-order valence-electron chi connectivity index (χ3n) is 5.94. The van der Waals surface area contributed by atoms with E-state index in [1.54, 1.807) is 42.5 Å². The smallest absolute Gasteiger partial charge is 0.322 e. The number of hydrogen-bond donors (Lipinski definition) is 2. The van der Waals surface area contributed by atoms with E-state index >= 15 is 0 Å². The Labute approximate surface area is 189 Å². The van der Waals surface area contributed by atoms with Crippen LogP contribution in [0, 0.1) is 0 Å². The molecule has 2 aliphatic rings. The summed E-state index contributed by atoms with van der Waals surface area (Å²) >= 11 is 5.88. The maximum Gasteiger partial charge on any atom is 0.322 e. The number of fused-ring (bicyclic) bond motifs is 1. The molecule has 9 heteroatoms. The van der Waals surface area contributed by atoms with Gasteiger partial charge >= 0.3 is 6.03 Å². The number of amides is 3. The summed E-state index contributed by atoms with van der Waals surface area (Å²) < 4.78 is 33.0. The number of carbonyl (C=O) groups excluding carboxylic acids is 2. The molecule has 1 aliphatic carbocycles. The van der Waals surface area contributed by atoms with Crippen LogP contribution in [-0.4, -0.2) is 48.6 Å². The standard InChI is InChI=1S/C23H24ClF2N3O3/c1-32-19-11-20(29(13-19)22(31)28-17-6-3-16(24)4-7-17)21(30)27-18-5-2-14-8-9-23(25,26)12-15(14)10-18/h2-7,10,19-20H,8-9,11-13H2,1H3,(H,27,30)(H,28,31)/t19?,20-/m1/s1. The van der Waals surface area contributed by atoms with Gasteiger partial charge in [-0.1, -0.05) is 17.7 Å². The molecule has 3 amide bonds. The van der Waals surface area contributed by atoms with E-state index in [-0.39, 0.29) is 25.5 Å². The Hall–Kier alpha value is -2.71. The second-order valence-corrected chi connectivity index (χ2v) is 8.64. The molecule has 1 saturated heterocycles. The summed E-state index contributed by atoms with van der Waals surface area (Å²) in [7, 11) is 1.53. The highest BCUT2D eigenvalue weighted by Gasteiger charge is 2.40. The predicted molar refractivity (Wildman–Crippen MR) is 118 cm³/mol. The molecule has 0 bridgehead atoms. The van der Waals surface area contributed by atoms with Crippen LogP contribution in [0.3, 0.4) is 0 Å². The van der Waals surface area contributed by atoms with Gasteiger partial charge in [0.25, 0.3) is 5.92 Å². The summed E-state index contributed by atoms with van der Waals surface area (Å²) in [5.74, 6) is -3.12. The van der Waals surface area contributed by atoms with E-state index in [2.05, 4.69) is 10.6 Å². The summed E-state index contributed by atoms with van der Waals surface area (Å²) in [5.41, 5.74) is 2.40. The van der Waals surface area contributed by atoms with Gasteiger partial charge in [-0.2, -0.15) is 0 Å². The maximum absolute atomic E-state index is 13.8. The van der Waals surface area contributed by atoms with Crippen molar-refractivity contribution in [3.63, 3.8) is 0 Å². The first-order valence-electron chi connectivity index (χ1n) is 10.4. The number of rotatable bonds is 4. The van der Waals surface area contributed by atoms with Crippen molar-refractivity contribution in [2.45, 2.75) is 43.8 Å². The molecule has 1 heterocycles. The Morgan fingerprint density at radius 2 is 1.81 bits per heavy atom. The van der Waals surface area contributed by atoms with E-state index in [0.29, 0.717) is 34.8 Å². The fourth-order valence-electron chi connectivity index (χ4n) is 4.19. The third-order valence-corrected chi connectivity index (χ3v) is 6.19. The topological polar surface area (TPSA) is 70.7 Å². The lowest BCUT2D eigenvalue weighted by molar-refractivity contribution is -0.119. The van der Waals surface area contributed by atoms with Crippen LogP contribution in [0.1, 0.15) is 24.0 Å². The third kappa shape index (κ3) is 5.02. The molecule has 32 heavy (non-hydrogen) atoms. The minimum atomic E-state index is -2.73. The molecule has 0 aromatic heterocycles. The fourth-order valence-corrected chi connectivity index (χ4v) is 4.32. The van der Waals surface area contributed by atoms with E-state index < -0.39 is 23.9 Å². The van der Waals surface area contributed by atoms with Crippen LogP contribution in [0.25, 0.3) is 0 Å². The van der Waals surface area contributed by atoms with Gasteiger partial charge in [0.15, 0.2) is 0 Å². The van der Waals surface area contributed by atoms with Crippen molar-refractivity contribution in [3.05, 3.63) is 58.6 Å². The molecule has 2 aromatic carbocycles. The second kappa shape index (κ2) is 9.03. The zero-order chi connectivity index (χ0) is 22.9. The number of carbonyl (C=O) groups is 2. The van der Waals surface area contributed by atoms with Crippen molar-refractivity contribution in [3.8, 4) is 0 Å². The van der Waals surface area contributed by atoms with Crippen LogP contribution < -0.4 is 10.6 Å². The van der Waals surface area contributed by atoms with Gasteiger partial charge in [0, 0.05) is 49.3 Å². The molecule has 0 spiro atoms. The minimum Gasteiger partial charge on any atom is -0.380 e. The number of halogens is 3. The highest BCUT2D eigenvalue weighted by molar-refractivity contribution is 6.30. The van der Waals surface area contributed by atoms with Gasteiger partial charge in [-0.05, 0) is 53.9 Å². The highest BCUT2D eigenvalue weighted by Crippen LogP contribution is 2.34. The predicted octanol–water partition coefficient (Wildman–Crippen LogP) is 4.72. The van der Waals surface area contributed by atoms with Gasteiger partial charge in [0.1, 0.15) is 6.04 Å². The molecule has 2 atom stereocenters.